The Bertz CT molecular complexity index is 1900. The molecule has 1 atom stereocenters. The molecule has 1 aromatic heterocycles. The predicted molar refractivity (Wildman–Crippen MR) is 170 cm³/mol. The molecule has 4 aromatic rings. The Balaban J connectivity index is 1.66. The van der Waals surface area contributed by atoms with Crippen LogP contribution in [0.2, 0.25) is 0 Å². The molecule has 0 spiro atoms. The lowest BCUT2D eigenvalue weighted by Crippen LogP contribution is -2.40. The number of fused-ring (bicyclic) bond motifs is 1. The van der Waals surface area contributed by atoms with Crippen molar-refractivity contribution in [3.8, 4) is 11.5 Å². The highest BCUT2D eigenvalue weighted by atomic mass is 79.9. The van der Waals surface area contributed by atoms with Gasteiger partial charge in [0.1, 0.15) is 11.5 Å². The highest BCUT2D eigenvalue weighted by Gasteiger charge is 2.35. The zero-order valence-electron chi connectivity index (χ0n) is 24.2. The Labute approximate surface area is 265 Å². The third-order valence-electron chi connectivity index (χ3n) is 6.71. The number of methoxy groups -OCH3 is 1. The van der Waals surface area contributed by atoms with Gasteiger partial charge >= 0.3 is 11.9 Å². The maximum absolute atomic E-state index is 14.1. The van der Waals surface area contributed by atoms with Gasteiger partial charge in [0.15, 0.2) is 11.4 Å². The highest BCUT2D eigenvalue weighted by molar-refractivity contribution is 9.10. The monoisotopic (exact) mass is 676 g/mol. The number of rotatable bonds is 10. The summed E-state index contributed by atoms with van der Waals surface area (Å²) in [6.07, 6.45) is 1.75. The predicted octanol–water partition coefficient (Wildman–Crippen LogP) is 4.65. The van der Waals surface area contributed by atoms with Gasteiger partial charge in [0.25, 0.3) is 5.56 Å². The molecule has 0 unspecified atom stereocenters. The van der Waals surface area contributed by atoms with Crippen LogP contribution >= 0.6 is 27.3 Å². The Morgan fingerprint density at radius 3 is 2.39 bits per heavy atom. The van der Waals surface area contributed by atoms with Crippen molar-refractivity contribution in [1.29, 1.82) is 0 Å². The summed E-state index contributed by atoms with van der Waals surface area (Å²) in [6, 6.07) is 21.1. The van der Waals surface area contributed by atoms with Crippen molar-refractivity contribution < 1.29 is 28.5 Å². The summed E-state index contributed by atoms with van der Waals surface area (Å²) in [5.74, 6) is 0.0923. The zero-order chi connectivity index (χ0) is 31.2. The normalized spacial score (nSPS) is 14.5. The fourth-order valence-electron chi connectivity index (χ4n) is 4.76. The minimum atomic E-state index is -0.793. The maximum atomic E-state index is 14.1. The number of thiazole rings is 1. The average molecular weight is 678 g/mol. The van der Waals surface area contributed by atoms with Crippen LogP contribution in [0, 0.1) is 0 Å². The van der Waals surface area contributed by atoms with E-state index in [0.717, 1.165) is 11.1 Å². The van der Waals surface area contributed by atoms with E-state index in [2.05, 4.69) is 15.9 Å². The molecule has 0 bridgehead atoms. The molecule has 44 heavy (non-hydrogen) atoms. The summed E-state index contributed by atoms with van der Waals surface area (Å²) in [6.45, 7) is 3.68. The van der Waals surface area contributed by atoms with Gasteiger partial charge in [-0.05, 0) is 71.2 Å². The third kappa shape index (κ3) is 6.53. The van der Waals surface area contributed by atoms with Crippen molar-refractivity contribution in [2.45, 2.75) is 19.9 Å². The Morgan fingerprint density at radius 1 is 1.00 bits per heavy atom. The van der Waals surface area contributed by atoms with E-state index >= 15 is 0 Å². The second-order valence-corrected chi connectivity index (χ2v) is 11.4. The molecule has 0 radical (unpaired) electrons. The van der Waals surface area contributed by atoms with E-state index in [1.54, 1.807) is 61.9 Å². The molecule has 2 heterocycles. The standard InChI is InChI=1S/C33H29BrN2O7S/c1-4-41-27(37)19-43-25-16-11-20(17-24(25)34)18-26-31(38)36-30(22-12-14-23(40-3)15-13-22)28(32(39)42-5-2)29(35-33(36)44-26)21-9-7-6-8-10-21/h6-18,30H,4-5,19H2,1-3H3/b26-18-/t30-/m1/s1. The number of esters is 2. The van der Waals surface area contributed by atoms with Crippen LogP contribution in [0.1, 0.15) is 36.6 Å². The quantitative estimate of drug-likeness (QED) is 0.225. The summed E-state index contributed by atoms with van der Waals surface area (Å²) in [7, 11) is 1.58. The van der Waals surface area contributed by atoms with E-state index < -0.39 is 18.0 Å². The van der Waals surface area contributed by atoms with Crippen molar-refractivity contribution in [2.24, 2.45) is 4.99 Å². The van der Waals surface area contributed by atoms with Gasteiger partial charge in [-0.3, -0.25) is 9.36 Å². The largest absolute Gasteiger partial charge is 0.497 e. The molecule has 0 aliphatic carbocycles. The van der Waals surface area contributed by atoms with Crippen LogP contribution in [0.4, 0.5) is 0 Å². The summed E-state index contributed by atoms with van der Waals surface area (Å²) >= 11 is 4.71. The van der Waals surface area contributed by atoms with Crippen LogP contribution in [-0.4, -0.2) is 43.4 Å². The van der Waals surface area contributed by atoms with Crippen LogP contribution in [0.25, 0.3) is 11.8 Å². The summed E-state index contributed by atoms with van der Waals surface area (Å²) in [5.41, 5.74) is 2.57. The number of benzene rings is 3. The van der Waals surface area contributed by atoms with Gasteiger partial charge in [-0.25, -0.2) is 14.6 Å². The first kappa shape index (κ1) is 31.0. The first-order valence-corrected chi connectivity index (χ1v) is 15.5. The Kier molecular flexibility index (Phi) is 9.76. The van der Waals surface area contributed by atoms with Gasteiger partial charge in [0.05, 0.1) is 46.6 Å². The second-order valence-electron chi connectivity index (χ2n) is 9.49. The molecular weight excluding hydrogens is 648 g/mol. The fraction of sp³-hybridized carbons (Fsp3) is 0.212. The lowest BCUT2D eigenvalue weighted by atomic mass is 9.93. The van der Waals surface area contributed by atoms with E-state index in [1.165, 1.54) is 11.3 Å². The van der Waals surface area contributed by atoms with Crippen molar-refractivity contribution >= 4 is 51.0 Å². The molecule has 1 aliphatic heterocycles. The van der Waals surface area contributed by atoms with Crippen LogP contribution in [-0.2, 0) is 19.1 Å². The molecule has 226 valence electrons. The first-order chi connectivity index (χ1) is 21.3. The molecule has 9 nitrogen and oxygen atoms in total. The van der Waals surface area contributed by atoms with E-state index in [0.29, 0.717) is 36.6 Å². The Hall–Kier alpha value is -4.48. The highest BCUT2D eigenvalue weighted by Crippen LogP contribution is 2.35. The lowest BCUT2D eigenvalue weighted by molar-refractivity contribution is -0.145. The topological polar surface area (TPSA) is 105 Å². The zero-order valence-corrected chi connectivity index (χ0v) is 26.6. The second kappa shape index (κ2) is 13.9. The SMILES string of the molecule is CCOC(=O)COc1ccc(/C=c2\sc3n(c2=O)[C@H](c2ccc(OC)cc2)C(C(=O)OCC)=C(c2ccccc2)N=3)cc1Br. The maximum Gasteiger partial charge on any atom is 0.344 e. The molecule has 11 heteroatoms. The fourth-order valence-corrected chi connectivity index (χ4v) is 6.27. The molecule has 0 fully saturated rings. The van der Waals surface area contributed by atoms with Crippen molar-refractivity contribution in [3.05, 3.63) is 119 Å². The van der Waals surface area contributed by atoms with Gasteiger partial charge in [0, 0.05) is 5.56 Å². The van der Waals surface area contributed by atoms with Crippen LogP contribution in [0.5, 0.6) is 11.5 Å². The minimum Gasteiger partial charge on any atom is -0.497 e. The number of nitrogens with zero attached hydrogens (tertiary/aromatic N) is 2. The number of carbonyl (C=O) groups is 2. The van der Waals surface area contributed by atoms with E-state index in [9.17, 15) is 14.4 Å². The average Bonchev–Trinajstić information content (AvgIpc) is 3.34. The lowest BCUT2D eigenvalue weighted by Gasteiger charge is -2.26. The number of hydrogen-bond donors (Lipinski definition) is 0. The number of halogens is 1. The van der Waals surface area contributed by atoms with Crippen LogP contribution in [0.15, 0.2) is 92.6 Å². The smallest absolute Gasteiger partial charge is 0.344 e. The number of ether oxygens (including phenoxy) is 4. The molecule has 0 saturated carbocycles. The van der Waals surface area contributed by atoms with Gasteiger partial charge in [-0.15, -0.1) is 0 Å². The molecule has 0 amide bonds. The summed E-state index contributed by atoms with van der Waals surface area (Å²) in [5, 5.41) is 0. The number of aromatic nitrogens is 1. The molecule has 3 aromatic carbocycles. The van der Waals surface area contributed by atoms with Gasteiger partial charge < -0.3 is 18.9 Å². The van der Waals surface area contributed by atoms with E-state index in [-0.39, 0.29) is 31.0 Å². The third-order valence-corrected chi connectivity index (χ3v) is 8.31. The minimum absolute atomic E-state index is 0.165. The van der Waals surface area contributed by atoms with E-state index in [4.69, 9.17) is 23.9 Å². The first-order valence-electron chi connectivity index (χ1n) is 13.8. The van der Waals surface area contributed by atoms with Crippen molar-refractivity contribution in [3.63, 3.8) is 0 Å². The number of carbonyl (C=O) groups excluding carboxylic acids is 2. The van der Waals surface area contributed by atoms with Crippen LogP contribution < -0.4 is 24.4 Å². The van der Waals surface area contributed by atoms with Crippen molar-refractivity contribution in [2.75, 3.05) is 26.9 Å². The number of hydrogen-bond acceptors (Lipinski definition) is 9. The Morgan fingerprint density at radius 2 is 1.73 bits per heavy atom. The summed E-state index contributed by atoms with van der Waals surface area (Å²) < 4.78 is 23.9. The molecule has 5 rings (SSSR count). The van der Waals surface area contributed by atoms with Crippen LogP contribution in [0.3, 0.4) is 0 Å². The van der Waals surface area contributed by atoms with Gasteiger partial charge in [-0.2, -0.15) is 0 Å². The molecule has 0 saturated heterocycles. The molecule has 0 N–H and O–H groups in total. The summed E-state index contributed by atoms with van der Waals surface area (Å²) in [4.78, 5) is 44.7. The van der Waals surface area contributed by atoms with Gasteiger partial charge in [-0.1, -0.05) is 59.9 Å². The van der Waals surface area contributed by atoms with E-state index in [1.807, 2.05) is 42.5 Å². The van der Waals surface area contributed by atoms with Gasteiger partial charge in [0.2, 0.25) is 0 Å². The molecule has 1 aliphatic rings. The van der Waals surface area contributed by atoms with Crippen molar-refractivity contribution in [1.82, 2.24) is 4.57 Å². The molecular formula is C33H29BrN2O7S.